The molecule has 0 aromatic heterocycles. The first-order valence-corrected chi connectivity index (χ1v) is 11.2. The highest BCUT2D eigenvalue weighted by Gasteiger charge is 2.32. The molecule has 2 fully saturated rings. The second-order valence-electron chi connectivity index (χ2n) is 8.47. The molecule has 0 radical (unpaired) electrons. The van der Waals surface area contributed by atoms with E-state index < -0.39 is 0 Å². The Morgan fingerprint density at radius 3 is 2.18 bits per heavy atom. The number of rotatable bonds is 8. The lowest BCUT2D eigenvalue weighted by atomic mass is 9.69. The highest BCUT2D eigenvalue weighted by molar-refractivity contribution is 5.69. The lowest BCUT2D eigenvalue weighted by Gasteiger charge is -2.37. The molecule has 2 aliphatic rings. The van der Waals surface area contributed by atoms with Crippen molar-refractivity contribution in [3.8, 4) is 5.75 Å². The molecule has 154 valence electrons. The average Bonchev–Trinajstić information content (AvgIpc) is 2.74. The van der Waals surface area contributed by atoms with Gasteiger partial charge in [-0.15, -0.1) is 6.58 Å². The molecule has 3 nitrogen and oxygen atoms in total. The SMILES string of the molecule is C=CCCC(=O)OC1CCC(C2CCC(c3ccc(OCC)cc3)CC2)CC1. The van der Waals surface area contributed by atoms with E-state index in [1.54, 1.807) is 6.08 Å². The molecule has 0 saturated heterocycles. The van der Waals surface area contributed by atoms with E-state index in [0.29, 0.717) is 18.8 Å². The molecule has 0 bridgehead atoms. The molecule has 2 aliphatic carbocycles. The largest absolute Gasteiger partial charge is 0.494 e. The molecular weight excluding hydrogens is 348 g/mol. The van der Waals surface area contributed by atoms with Crippen LogP contribution in [0.5, 0.6) is 5.75 Å². The number of carbonyl (C=O) groups excluding carboxylic acids is 1. The van der Waals surface area contributed by atoms with Crippen molar-refractivity contribution < 1.29 is 14.3 Å². The maximum atomic E-state index is 11.8. The summed E-state index contributed by atoms with van der Waals surface area (Å²) >= 11 is 0. The summed E-state index contributed by atoms with van der Waals surface area (Å²) in [5.41, 5.74) is 1.47. The zero-order chi connectivity index (χ0) is 19.8. The molecule has 0 amide bonds. The number of ether oxygens (including phenoxy) is 2. The predicted molar refractivity (Wildman–Crippen MR) is 114 cm³/mol. The molecule has 0 aliphatic heterocycles. The number of benzene rings is 1. The number of esters is 1. The molecule has 0 atom stereocenters. The Morgan fingerprint density at radius 1 is 1.00 bits per heavy atom. The lowest BCUT2D eigenvalue weighted by molar-refractivity contribution is -0.151. The van der Waals surface area contributed by atoms with Gasteiger partial charge < -0.3 is 9.47 Å². The van der Waals surface area contributed by atoms with E-state index in [4.69, 9.17) is 9.47 Å². The zero-order valence-electron chi connectivity index (χ0n) is 17.4. The number of hydrogen-bond donors (Lipinski definition) is 0. The van der Waals surface area contributed by atoms with Crippen molar-refractivity contribution in [2.24, 2.45) is 11.8 Å². The molecule has 2 saturated carbocycles. The van der Waals surface area contributed by atoms with Crippen LogP contribution in [0, 0.1) is 11.8 Å². The van der Waals surface area contributed by atoms with Crippen LogP contribution in [0.15, 0.2) is 36.9 Å². The van der Waals surface area contributed by atoms with Gasteiger partial charge in [-0.3, -0.25) is 4.79 Å². The molecule has 0 N–H and O–H groups in total. The van der Waals surface area contributed by atoms with Crippen molar-refractivity contribution in [1.82, 2.24) is 0 Å². The summed E-state index contributed by atoms with van der Waals surface area (Å²) in [5.74, 6) is 3.30. The summed E-state index contributed by atoms with van der Waals surface area (Å²) in [4.78, 5) is 11.8. The first-order chi connectivity index (χ1) is 13.7. The summed E-state index contributed by atoms with van der Waals surface area (Å²) < 4.78 is 11.2. The van der Waals surface area contributed by atoms with Crippen LogP contribution in [0.3, 0.4) is 0 Å². The quantitative estimate of drug-likeness (QED) is 0.383. The second kappa shape index (κ2) is 10.7. The van der Waals surface area contributed by atoms with Crippen LogP contribution >= 0.6 is 0 Å². The number of hydrogen-bond acceptors (Lipinski definition) is 3. The Hall–Kier alpha value is -1.77. The number of allylic oxidation sites excluding steroid dienone is 1. The minimum atomic E-state index is -0.0563. The van der Waals surface area contributed by atoms with E-state index in [9.17, 15) is 4.79 Å². The van der Waals surface area contributed by atoms with E-state index >= 15 is 0 Å². The molecule has 1 aromatic rings. The van der Waals surface area contributed by atoms with Crippen molar-refractivity contribution in [3.63, 3.8) is 0 Å². The smallest absolute Gasteiger partial charge is 0.306 e. The Kier molecular flexibility index (Phi) is 8.00. The Bertz CT molecular complexity index is 605. The van der Waals surface area contributed by atoms with Gasteiger partial charge in [0.2, 0.25) is 0 Å². The van der Waals surface area contributed by atoms with E-state index in [-0.39, 0.29) is 12.1 Å². The highest BCUT2D eigenvalue weighted by Crippen LogP contribution is 2.43. The molecule has 3 rings (SSSR count). The third-order valence-electron chi connectivity index (χ3n) is 6.67. The molecule has 0 spiro atoms. The molecule has 28 heavy (non-hydrogen) atoms. The van der Waals surface area contributed by atoms with Crippen molar-refractivity contribution in [1.29, 1.82) is 0 Å². The van der Waals surface area contributed by atoms with Crippen LogP contribution in [0.25, 0.3) is 0 Å². The van der Waals surface area contributed by atoms with Gasteiger partial charge >= 0.3 is 5.97 Å². The summed E-state index contributed by atoms with van der Waals surface area (Å²) in [5, 5.41) is 0. The first-order valence-electron chi connectivity index (χ1n) is 11.2. The second-order valence-corrected chi connectivity index (χ2v) is 8.47. The highest BCUT2D eigenvalue weighted by atomic mass is 16.5. The van der Waals surface area contributed by atoms with Crippen LogP contribution in [-0.4, -0.2) is 18.7 Å². The lowest BCUT2D eigenvalue weighted by Crippen LogP contribution is -2.29. The standard InChI is InChI=1S/C25H36O3/c1-3-5-6-25(26)28-24-17-13-22(14-18-24)20-9-7-19(8-10-20)21-11-15-23(16-12-21)27-4-2/h3,11-12,15-16,19-20,22,24H,1,4-10,13-14,17-18H2,2H3. The molecular formula is C25H36O3. The van der Waals surface area contributed by atoms with Gasteiger partial charge in [-0.25, -0.2) is 0 Å². The Morgan fingerprint density at radius 2 is 1.61 bits per heavy atom. The third-order valence-corrected chi connectivity index (χ3v) is 6.67. The van der Waals surface area contributed by atoms with Crippen LogP contribution in [0.4, 0.5) is 0 Å². The summed E-state index contributed by atoms with van der Waals surface area (Å²) in [6, 6.07) is 8.73. The summed E-state index contributed by atoms with van der Waals surface area (Å²) in [7, 11) is 0. The van der Waals surface area contributed by atoms with Crippen LogP contribution in [0.1, 0.15) is 82.6 Å². The summed E-state index contributed by atoms with van der Waals surface area (Å²) in [6.45, 7) is 6.41. The molecule has 1 aromatic carbocycles. The van der Waals surface area contributed by atoms with Gasteiger partial charge in [0.05, 0.1) is 6.61 Å². The van der Waals surface area contributed by atoms with Crippen molar-refractivity contribution in [3.05, 3.63) is 42.5 Å². The van der Waals surface area contributed by atoms with E-state index in [2.05, 4.69) is 30.8 Å². The van der Waals surface area contributed by atoms with Crippen molar-refractivity contribution in [2.75, 3.05) is 6.61 Å². The van der Waals surface area contributed by atoms with Gasteiger partial charge in [-0.2, -0.15) is 0 Å². The molecule has 3 heteroatoms. The van der Waals surface area contributed by atoms with E-state index in [1.807, 2.05) is 6.92 Å². The normalized spacial score (nSPS) is 27.8. The van der Waals surface area contributed by atoms with Crippen LogP contribution < -0.4 is 4.74 Å². The minimum Gasteiger partial charge on any atom is -0.494 e. The molecule has 0 unspecified atom stereocenters. The van der Waals surface area contributed by atoms with Gasteiger partial charge in [0.25, 0.3) is 0 Å². The monoisotopic (exact) mass is 384 g/mol. The van der Waals surface area contributed by atoms with Gasteiger partial charge in [0.1, 0.15) is 11.9 Å². The van der Waals surface area contributed by atoms with Gasteiger partial charge in [0, 0.05) is 6.42 Å². The summed E-state index contributed by atoms with van der Waals surface area (Å²) in [6.07, 6.45) is 12.9. The first kappa shape index (κ1) is 21.0. The Labute approximate surface area is 170 Å². The van der Waals surface area contributed by atoms with Crippen molar-refractivity contribution >= 4 is 5.97 Å². The van der Waals surface area contributed by atoms with E-state index in [1.165, 1.54) is 44.1 Å². The van der Waals surface area contributed by atoms with Crippen LogP contribution in [0.2, 0.25) is 0 Å². The Balaban J connectivity index is 1.39. The fourth-order valence-corrected chi connectivity index (χ4v) is 5.07. The maximum absolute atomic E-state index is 11.8. The fraction of sp³-hybridized carbons (Fsp3) is 0.640. The topological polar surface area (TPSA) is 35.5 Å². The van der Waals surface area contributed by atoms with Gasteiger partial charge in [0.15, 0.2) is 0 Å². The van der Waals surface area contributed by atoms with Crippen LogP contribution in [-0.2, 0) is 9.53 Å². The number of carbonyl (C=O) groups is 1. The van der Waals surface area contributed by atoms with E-state index in [0.717, 1.165) is 37.0 Å². The average molecular weight is 385 g/mol. The minimum absolute atomic E-state index is 0.0563. The van der Waals surface area contributed by atoms with Gasteiger partial charge in [-0.1, -0.05) is 18.2 Å². The van der Waals surface area contributed by atoms with Gasteiger partial charge in [-0.05, 0) is 100 Å². The third kappa shape index (κ3) is 5.86. The zero-order valence-corrected chi connectivity index (χ0v) is 17.4. The predicted octanol–water partition coefficient (Wildman–Crippen LogP) is 6.43. The van der Waals surface area contributed by atoms with Crippen molar-refractivity contribution in [2.45, 2.75) is 83.2 Å². The maximum Gasteiger partial charge on any atom is 0.306 e. The fourth-order valence-electron chi connectivity index (χ4n) is 5.07. The molecule has 0 heterocycles.